The molecule has 4 heteroatoms. The number of benzene rings is 1. The van der Waals surface area contributed by atoms with Crippen LogP contribution in [-0.4, -0.2) is 18.6 Å². The van der Waals surface area contributed by atoms with Crippen LogP contribution in [0.5, 0.6) is 0 Å². The van der Waals surface area contributed by atoms with Crippen LogP contribution in [0.2, 0.25) is 0 Å². The number of rotatable bonds is 3. The van der Waals surface area contributed by atoms with E-state index >= 15 is 0 Å². The third-order valence-corrected chi connectivity index (χ3v) is 2.39. The minimum atomic E-state index is -0.467. The molecular weight excluding hydrogens is 202 g/mol. The third kappa shape index (κ3) is 2.97. The van der Waals surface area contributed by atoms with Crippen molar-refractivity contribution in [3.8, 4) is 0 Å². The second kappa shape index (κ2) is 4.99. The summed E-state index contributed by atoms with van der Waals surface area (Å²) in [5, 5.41) is 0. The van der Waals surface area contributed by atoms with E-state index in [1.807, 2.05) is 39.0 Å². The highest BCUT2D eigenvalue weighted by molar-refractivity contribution is 5.91. The Labute approximate surface area is 96.2 Å². The van der Waals surface area contributed by atoms with Crippen molar-refractivity contribution in [3.05, 3.63) is 29.3 Å². The van der Waals surface area contributed by atoms with Gasteiger partial charge in [0.05, 0.1) is 0 Å². The summed E-state index contributed by atoms with van der Waals surface area (Å²) in [7, 11) is 0. The van der Waals surface area contributed by atoms with Crippen molar-refractivity contribution < 1.29 is 4.79 Å². The normalized spacial score (nSPS) is 12.2. The van der Waals surface area contributed by atoms with Gasteiger partial charge in [-0.15, -0.1) is 0 Å². The minimum Gasteiger partial charge on any atom is -0.351 e. The van der Waals surface area contributed by atoms with Crippen LogP contribution in [-0.2, 0) is 0 Å². The van der Waals surface area contributed by atoms with Crippen molar-refractivity contribution >= 4 is 11.7 Å². The van der Waals surface area contributed by atoms with E-state index in [1.54, 1.807) is 0 Å². The van der Waals surface area contributed by atoms with Crippen LogP contribution >= 0.6 is 0 Å². The molecule has 4 N–H and O–H groups in total. The van der Waals surface area contributed by atoms with Gasteiger partial charge in [0, 0.05) is 18.3 Å². The Morgan fingerprint density at radius 2 is 2.06 bits per heavy atom. The van der Waals surface area contributed by atoms with E-state index < -0.39 is 6.03 Å². The molecule has 4 nitrogen and oxygen atoms in total. The first-order chi connectivity index (χ1) is 7.41. The Kier molecular flexibility index (Phi) is 3.90. The molecule has 0 aliphatic heterocycles. The highest BCUT2D eigenvalue weighted by Gasteiger charge is 2.16. The van der Waals surface area contributed by atoms with E-state index in [2.05, 4.69) is 0 Å². The van der Waals surface area contributed by atoms with Crippen molar-refractivity contribution in [2.24, 2.45) is 11.5 Å². The smallest absolute Gasteiger partial charge is 0.319 e. The monoisotopic (exact) mass is 221 g/mol. The maximum Gasteiger partial charge on any atom is 0.319 e. The molecule has 1 aromatic carbocycles. The zero-order valence-electron chi connectivity index (χ0n) is 10.0. The lowest BCUT2D eigenvalue weighted by Gasteiger charge is -2.24. The van der Waals surface area contributed by atoms with Crippen LogP contribution in [0.3, 0.4) is 0 Å². The molecular formula is C12H19N3O. The molecule has 0 saturated heterocycles. The van der Waals surface area contributed by atoms with Crippen LogP contribution in [0, 0.1) is 13.8 Å². The maximum atomic E-state index is 11.4. The summed E-state index contributed by atoms with van der Waals surface area (Å²) in [5.41, 5.74) is 14.0. The van der Waals surface area contributed by atoms with Crippen LogP contribution in [0.1, 0.15) is 18.1 Å². The molecule has 0 radical (unpaired) electrons. The Morgan fingerprint density at radius 3 is 2.56 bits per heavy atom. The van der Waals surface area contributed by atoms with Gasteiger partial charge in [0.25, 0.3) is 0 Å². The predicted molar refractivity (Wildman–Crippen MR) is 66.5 cm³/mol. The summed E-state index contributed by atoms with van der Waals surface area (Å²) >= 11 is 0. The van der Waals surface area contributed by atoms with E-state index in [-0.39, 0.29) is 6.04 Å². The van der Waals surface area contributed by atoms with Crippen molar-refractivity contribution in [1.82, 2.24) is 0 Å². The average Bonchev–Trinajstić information content (AvgIpc) is 2.18. The molecule has 0 aliphatic carbocycles. The summed E-state index contributed by atoms with van der Waals surface area (Å²) in [6, 6.07) is 5.35. The van der Waals surface area contributed by atoms with Gasteiger partial charge in [-0.3, -0.25) is 4.90 Å². The maximum absolute atomic E-state index is 11.4. The topological polar surface area (TPSA) is 72.3 Å². The van der Waals surface area contributed by atoms with Gasteiger partial charge in [0.2, 0.25) is 0 Å². The van der Waals surface area contributed by atoms with Crippen molar-refractivity contribution in [1.29, 1.82) is 0 Å². The number of carbonyl (C=O) groups excluding carboxylic acids is 1. The molecule has 1 aromatic rings. The largest absolute Gasteiger partial charge is 0.351 e. The van der Waals surface area contributed by atoms with Crippen LogP contribution < -0.4 is 16.4 Å². The highest BCUT2D eigenvalue weighted by atomic mass is 16.2. The van der Waals surface area contributed by atoms with Gasteiger partial charge in [-0.05, 0) is 38.0 Å². The van der Waals surface area contributed by atoms with E-state index in [4.69, 9.17) is 11.5 Å². The summed E-state index contributed by atoms with van der Waals surface area (Å²) in [4.78, 5) is 12.9. The number of aryl methyl sites for hydroxylation is 2. The number of urea groups is 1. The lowest BCUT2D eigenvalue weighted by Crippen LogP contribution is -2.43. The summed E-state index contributed by atoms with van der Waals surface area (Å²) in [6.07, 6.45) is 0. The lowest BCUT2D eigenvalue weighted by molar-refractivity contribution is 0.253. The van der Waals surface area contributed by atoms with E-state index in [0.717, 1.165) is 16.8 Å². The predicted octanol–water partition coefficient (Wildman–Crippen LogP) is 1.54. The molecule has 1 atom stereocenters. The number of anilines is 1. The zero-order chi connectivity index (χ0) is 12.3. The molecule has 0 saturated carbocycles. The molecule has 0 bridgehead atoms. The van der Waals surface area contributed by atoms with Crippen molar-refractivity contribution in [2.45, 2.75) is 26.8 Å². The SMILES string of the molecule is Cc1ccc(C)c(N(CC(C)N)C(N)=O)c1. The number of nitrogens with two attached hydrogens (primary N) is 2. The first kappa shape index (κ1) is 12.5. The van der Waals surface area contributed by atoms with Gasteiger partial charge in [0.1, 0.15) is 0 Å². The minimum absolute atomic E-state index is 0.104. The molecule has 1 unspecified atom stereocenters. The average molecular weight is 221 g/mol. The number of carbonyl (C=O) groups is 1. The second-order valence-electron chi connectivity index (χ2n) is 4.22. The Bertz CT molecular complexity index is 388. The number of hydrogen-bond donors (Lipinski definition) is 2. The number of nitrogens with zero attached hydrogens (tertiary/aromatic N) is 1. The first-order valence-corrected chi connectivity index (χ1v) is 5.31. The van der Waals surface area contributed by atoms with Gasteiger partial charge in [-0.1, -0.05) is 12.1 Å². The fourth-order valence-electron chi connectivity index (χ4n) is 1.61. The highest BCUT2D eigenvalue weighted by Crippen LogP contribution is 2.21. The van der Waals surface area contributed by atoms with Gasteiger partial charge in [-0.25, -0.2) is 4.79 Å². The number of amides is 2. The Morgan fingerprint density at radius 1 is 1.44 bits per heavy atom. The quantitative estimate of drug-likeness (QED) is 0.812. The third-order valence-electron chi connectivity index (χ3n) is 2.39. The standard InChI is InChI=1S/C12H19N3O/c1-8-4-5-9(2)11(6-8)15(12(14)16)7-10(3)13/h4-6,10H,7,13H2,1-3H3,(H2,14,16). The summed E-state index contributed by atoms with van der Waals surface area (Å²) in [5.74, 6) is 0. The molecule has 0 aliphatic rings. The molecule has 0 aromatic heterocycles. The molecule has 0 fully saturated rings. The van der Waals surface area contributed by atoms with Crippen molar-refractivity contribution in [2.75, 3.05) is 11.4 Å². The molecule has 88 valence electrons. The molecule has 0 spiro atoms. The van der Waals surface area contributed by atoms with Crippen molar-refractivity contribution in [3.63, 3.8) is 0 Å². The van der Waals surface area contributed by atoms with E-state index in [0.29, 0.717) is 6.54 Å². The zero-order valence-corrected chi connectivity index (χ0v) is 10.0. The second-order valence-corrected chi connectivity index (χ2v) is 4.22. The summed E-state index contributed by atoms with van der Waals surface area (Å²) < 4.78 is 0. The summed E-state index contributed by atoms with van der Waals surface area (Å²) in [6.45, 7) is 6.21. The molecule has 0 heterocycles. The van der Waals surface area contributed by atoms with Gasteiger partial charge < -0.3 is 11.5 Å². The lowest BCUT2D eigenvalue weighted by atomic mass is 10.1. The van der Waals surface area contributed by atoms with Crippen LogP contribution in [0.15, 0.2) is 18.2 Å². The fraction of sp³-hybridized carbons (Fsp3) is 0.417. The van der Waals surface area contributed by atoms with Gasteiger partial charge >= 0.3 is 6.03 Å². The Hall–Kier alpha value is -1.55. The number of hydrogen-bond acceptors (Lipinski definition) is 2. The first-order valence-electron chi connectivity index (χ1n) is 5.31. The van der Waals surface area contributed by atoms with E-state index in [9.17, 15) is 4.79 Å². The van der Waals surface area contributed by atoms with E-state index in [1.165, 1.54) is 4.90 Å². The van der Waals surface area contributed by atoms with Crippen LogP contribution in [0.4, 0.5) is 10.5 Å². The van der Waals surface area contributed by atoms with Gasteiger partial charge in [-0.2, -0.15) is 0 Å². The fourth-order valence-corrected chi connectivity index (χ4v) is 1.61. The Balaban J connectivity index is 3.10. The molecule has 2 amide bonds. The number of primary amides is 1. The van der Waals surface area contributed by atoms with Crippen LogP contribution in [0.25, 0.3) is 0 Å². The van der Waals surface area contributed by atoms with Gasteiger partial charge in [0.15, 0.2) is 0 Å². The molecule has 1 rings (SSSR count). The molecule has 16 heavy (non-hydrogen) atoms.